The number of alkyl halides is 2. The molecular weight excluding hydrogens is 452 g/mol. The zero-order valence-corrected chi connectivity index (χ0v) is 18.7. The number of halogens is 2. The van der Waals surface area contributed by atoms with Crippen LogP contribution in [0.25, 0.3) is 0 Å². The Hall–Kier alpha value is -2.88. The molecule has 2 bridgehead atoms. The molecule has 184 valence electrons. The second-order valence-corrected chi connectivity index (χ2v) is 9.18. The van der Waals surface area contributed by atoms with Gasteiger partial charge in [-0.25, -0.2) is 18.5 Å². The summed E-state index contributed by atoms with van der Waals surface area (Å²) in [7, 11) is 0. The van der Waals surface area contributed by atoms with E-state index in [0.29, 0.717) is 44.9 Å². The largest absolute Gasteiger partial charge is 0.465 e. The molecule has 0 aromatic heterocycles. The van der Waals surface area contributed by atoms with Crippen molar-refractivity contribution in [3.8, 4) is 0 Å². The summed E-state index contributed by atoms with van der Waals surface area (Å²) < 4.78 is 41.0. The number of benzene rings is 1. The van der Waals surface area contributed by atoms with Crippen LogP contribution < -0.4 is 0 Å². The van der Waals surface area contributed by atoms with Crippen LogP contribution in [0.2, 0.25) is 0 Å². The zero-order chi connectivity index (χ0) is 24.3. The maximum Gasteiger partial charge on any atom is 0.333 e. The van der Waals surface area contributed by atoms with Gasteiger partial charge in [-0.3, -0.25) is 14.4 Å². The van der Waals surface area contributed by atoms with Crippen LogP contribution in [0.5, 0.6) is 0 Å². The number of hydrogen-bond acceptors (Lipinski definition) is 7. The quantitative estimate of drug-likeness (QED) is 0.395. The summed E-state index contributed by atoms with van der Waals surface area (Å²) in [6.45, 7) is -1.22. The average molecular weight is 479 g/mol. The molecule has 34 heavy (non-hydrogen) atoms. The minimum Gasteiger partial charge on any atom is -0.465 e. The van der Waals surface area contributed by atoms with Crippen molar-refractivity contribution in [1.29, 1.82) is 0 Å². The van der Waals surface area contributed by atoms with Gasteiger partial charge in [0.2, 0.25) is 6.43 Å². The van der Waals surface area contributed by atoms with Crippen molar-refractivity contribution in [3.05, 3.63) is 35.4 Å². The molecule has 0 radical (unpaired) electrons. The molecule has 2 aliphatic carbocycles. The molecule has 1 heterocycles. The van der Waals surface area contributed by atoms with Gasteiger partial charge in [0.15, 0.2) is 6.73 Å². The Morgan fingerprint density at radius 2 is 1.59 bits per heavy atom. The molecule has 0 spiro atoms. The van der Waals surface area contributed by atoms with Crippen molar-refractivity contribution >= 4 is 23.8 Å². The highest BCUT2D eigenvalue weighted by molar-refractivity contribution is 6.21. The van der Waals surface area contributed by atoms with E-state index >= 15 is 0 Å². The smallest absolute Gasteiger partial charge is 0.333 e. The van der Waals surface area contributed by atoms with E-state index in [1.165, 1.54) is 12.1 Å². The van der Waals surface area contributed by atoms with Gasteiger partial charge in [-0.15, -0.1) is 0 Å². The van der Waals surface area contributed by atoms with Crippen LogP contribution in [-0.4, -0.2) is 60.6 Å². The number of rotatable bonds is 9. The molecule has 0 saturated heterocycles. The predicted octanol–water partition coefficient (Wildman–Crippen LogP) is 3.48. The van der Waals surface area contributed by atoms with Crippen LogP contribution in [0, 0.1) is 5.41 Å². The first-order valence-corrected chi connectivity index (χ1v) is 11.5. The first-order chi connectivity index (χ1) is 16.3. The predicted molar refractivity (Wildman–Crippen MR) is 113 cm³/mol. The Bertz CT molecular complexity index is 935. The molecule has 2 amide bonds. The monoisotopic (exact) mass is 479 g/mol. The van der Waals surface area contributed by atoms with Crippen LogP contribution in [0.1, 0.15) is 72.1 Å². The van der Waals surface area contributed by atoms with Crippen molar-refractivity contribution < 1.29 is 42.2 Å². The lowest BCUT2D eigenvalue weighted by Gasteiger charge is -2.50. The third kappa shape index (κ3) is 4.82. The lowest BCUT2D eigenvalue weighted by atomic mass is 9.60. The van der Waals surface area contributed by atoms with E-state index in [9.17, 15) is 28.0 Å². The molecule has 4 rings (SSSR count). The minimum absolute atomic E-state index is 0.264. The van der Waals surface area contributed by atoms with Gasteiger partial charge in [-0.2, -0.15) is 0 Å². The van der Waals surface area contributed by atoms with E-state index in [1.807, 2.05) is 0 Å². The topological polar surface area (TPSA) is 99.2 Å². The van der Waals surface area contributed by atoms with Crippen LogP contribution >= 0.6 is 0 Å². The maximum atomic E-state index is 12.7. The molecule has 0 N–H and O–H groups in total. The Balaban J connectivity index is 1.30. The van der Waals surface area contributed by atoms with Crippen molar-refractivity contribution in [3.63, 3.8) is 0 Å². The molecule has 0 unspecified atom stereocenters. The number of fused-ring (bicyclic) bond motifs is 3. The van der Waals surface area contributed by atoms with E-state index in [0.717, 1.165) is 4.90 Å². The van der Waals surface area contributed by atoms with Gasteiger partial charge in [-0.05, 0) is 57.1 Å². The number of esters is 2. The molecule has 8 nitrogen and oxygen atoms in total. The number of ether oxygens (including phenoxy) is 3. The summed E-state index contributed by atoms with van der Waals surface area (Å²) >= 11 is 0. The third-order valence-electron chi connectivity index (χ3n) is 6.97. The minimum atomic E-state index is -2.53. The zero-order valence-electron chi connectivity index (χ0n) is 18.7. The van der Waals surface area contributed by atoms with E-state index in [4.69, 9.17) is 14.2 Å². The number of hydrogen-bond donors (Lipinski definition) is 0. The molecule has 3 aliphatic rings. The summed E-state index contributed by atoms with van der Waals surface area (Å²) in [5.41, 5.74) is -0.963. The van der Waals surface area contributed by atoms with Gasteiger partial charge in [-0.1, -0.05) is 12.1 Å². The molecule has 1 aromatic rings. The van der Waals surface area contributed by atoms with Gasteiger partial charge in [0.05, 0.1) is 28.7 Å². The number of amides is 2. The summed E-state index contributed by atoms with van der Waals surface area (Å²) in [5.74, 6) is -2.26. The number of imide groups is 1. The van der Waals surface area contributed by atoms with E-state index in [-0.39, 0.29) is 24.3 Å². The van der Waals surface area contributed by atoms with E-state index in [2.05, 4.69) is 0 Å². The second-order valence-electron chi connectivity index (χ2n) is 9.18. The summed E-state index contributed by atoms with van der Waals surface area (Å²) in [6, 6.07) is 6.37. The van der Waals surface area contributed by atoms with Crippen molar-refractivity contribution in [2.75, 3.05) is 19.9 Å². The fourth-order valence-electron chi connectivity index (χ4n) is 5.33. The summed E-state index contributed by atoms with van der Waals surface area (Å²) in [6.07, 6.45) is 1.21. The van der Waals surface area contributed by atoms with E-state index in [1.54, 1.807) is 12.1 Å². The Morgan fingerprint density at radius 3 is 2.18 bits per heavy atom. The second kappa shape index (κ2) is 9.77. The SMILES string of the molecule is O=C(COC12CCCC(C(=O)OCCC(F)F)(CCC1)C2)OCN1C(=O)c2ccccc2C1=O. The van der Waals surface area contributed by atoms with Crippen LogP contribution in [-0.2, 0) is 23.8 Å². The van der Waals surface area contributed by atoms with Crippen LogP contribution in [0.15, 0.2) is 24.3 Å². The molecular formula is C24H27F2NO7. The lowest BCUT2D eigenvalue weighted by Crippen LogP contribution is -2.51. The fourth-order valence-corrected chi connectivity index (χ4v) is 5.33. The summed E-state index contributed by atoms with van der Waals surface area (Å²) in [4.78, 5) is 50.7. The normalized spacial score (nSPS) is 25.9. The van der Waals surface area contributed by atoms with Crippen LogP contribution in [0.4, 0.5) is 8.78 Å². The molecule has 2 fully saturated rings. The average Bonchev–Trinajstić information content (AvgIpc) is 3.06. The lowest BCUT2D eigenvalue weighted by molar-refractivity contribution is -0.185. The molecule has 10 heteroatoms. The van der Waals surface area contributed by atoms with Crippen LogP contribution in [0.3, 0.4) is 0 Å². The van der Waals surface area contributed by atoms with Crippen molar-refractivity contribution in [2.24, 2.45) is 5.41 Å². The third-order valence-corrected chi connectivity index (χ3v) is 6.97. The molecule has 0 atom stereocenters. The molecule has 1 aliphatic heterocycles. The standard InChI is InChI=1S/C24H27F2NO7/c25-18(26)7-12-32-22(31)23-8-3-10-24(14-23,11-4-9-23)34-13-19(28)33-15-27-20(29)16-5-1-2-6-17(16)21(27)30/h1-2,5-6,18H,3-4,7-15H2. The van der Waals surface area contributed by atoms with Gasteiger partial charge >= 0.3 is 11.9 Å². The maximum absolute atomic E-state index is 12.7. The Kier molecular flexibility index (Phi) is 6.97. The van der Waals surface area contributed by atoms with Gasteiger partial charge in [0.1, 0.15) is 6.61 Å². The summed E-state index contributed by atoms with van der Waals surface area (Å²) in [5, 5.41) is 0. The fraction of sp³-hybridized carbons (Fsp3) is 0.583. The molecule has 2 saturated carbocycles. The highest BCUT2D eigenvalue weighted by Crippen LogP contribution is 2.53. The number of carbonyl (C=O) groups excluding carboxylic acids is 4. The van der Waals surface area contributed by atoms with Crippen molar-refractivity contribution in [1.82, 2.24) is 4.90 Å². The highest BCUT2D eigenvalue weighted by atomic mass is 19.3. The number of nitrogens with zero attached hydrogens (tertiary/aromatic N) is 1. The van der Waals surface area contributed by atoms with E-state index < -0.39 is 54.3 Å². The Labute approximate surface area is 195 Å². The number of carbonyl (C=O) groups is 4. The molecule has 1 aromatic carbocycles. The Morgan fingerprint density at radius 1 is 0.971 bits per heavy atom. The van der Waals surface area contributed by atoms with Gasteiger partial charge in [0.25, 0.3) is 11.8 Å². The first-order valence-electron chi connectivity index (χ1n) is 11.5. The van der Waals surface area contributed by atoms with Crippen molar-refractivity contribution in [2.45, 2.75) is 63.4 Å². The highest BCUT2D eigenvalue weighted by Gasteiger charge is 2.53. The van der Waals surface area contributed by atoms with Gasteiger partial charge in [0, 0.05) is 6.42 Å². The van der Waals surface area contributed by atoms with Gasteiger partial charge < -0.3 is 14.2 Å². The first kappa shape index (κ1) is 24.3.